The minimum Gasteiger partial charge on any atom is -0.377 e. The second kappa shape index (κ2) is 5.87. The fourth-order valence-electron chi connectivity index (χ4n) is 1.93. The molecule has 4 nitrogen and oxygen atoms in total. The lowest BCUT2D eigenvalue weighted by molar-refractivity contribution is 0.0563. The average Bonchev–Trinajstić information content (AvgIpc) is 2.56. The van der Waals surface area contributed by atoms with E-state index in [1.54, 1.807) is 4.90 Å². The number of halogens is 2. The fourth-order valence-corrected chi connectivity index (χ4v) is 2.27. The van der Waals surface area contributed by atoms with Gasteiger partial charge in [-0.15, -0.1) is 0 Å². The van der Waals surface area contributed by atoms with Gasteiger partial charge in [-0.05, 0) is 19.4 Å². The van der Waals surface area contributed by atoms with Gasteiger partial charge in [0.25, 0.3) is 5.91 Å². The first kappa shape index (κ1) is 13.6. The molecule has 1 fully saturated rings. The molecule has 0 bridgehead atoms. The summed E-state index contributed by atoms with van der Waals surface area (Å²) in [5, 5.41) is 0.587. The van der Waals surface area contributed by atoms with Crippen molar-refractivity contribution < 1.29 is 9.53 Å². The third kappa shape index (κ3) is 3.13. The first-order valence-electron chi connectivity index (χ1n) is 5.80. The molecule has 0 saturated carbocycles. The summed E-state index contributed by atoms with van der Waals surface area (Å²) in [5.41, 5.74) is 0.394. The van der Waals surface area contributed by atoms with E-state index in [0.717, 1.165) is 6.42 Å². The van der Waals surface area contributed by atoms with Crippen molar-refractivity contribution in [2.24, 2.45) is 0 Å². The Labute approximate surface area is 116 Å². The van der Waals surface area contributed by atoms with E-state index in [2.05, 4.69) is 4.98 Å². The van der Waals surface area contributed by atoms with E-state index in [1.165, 1.54) is 12.3 Å². The van der Waals surface area contributed by atoms with Crippen molar-refractivity contribution in [2.75, 3.05) is 19.7 Å². The Morgan fingerprint density at radius 1 is 1.56 bits per heavy atom. The summed E-state index contributed by atoms with van der Waals surface area (Å²) >= 11 is 11.8. The number of carbonyl (C=O) groups is 1. The molecule has 6 heteroatoms. The van der Waals surface area contributed by atoms with Crippen molar-refractivity contribution in [3.63, 3.8) is 0 Å². The van der Waals surface area contributed by atoms with E-state index in [9.17, 15) is 4.79 Å². The van der Waals surface area contributed by atoms with Crippen LogP contribution >= 0.6 is 23.2 Å². The molecule has 18 heavy (non-hydrogen) atoms. The van der Waals surface area contributed by atoms with Crippen LogP contribution in [-0.4, -0.2) is 41.6 Å². The van der Waals surface area contributed by atoms with Gasteiger partial charge < -0.3 is 9.64 Å². The third-order valence-electron chi connectivity index (χ3n) is 2.79. The molecule has 1 aromatic rings. The first-order valence-corrected chi connectivity index (χ1v) is 6.55. The predicted molar refractivity (Wildman–Crippen MR) is 70.2 cm³/mol. The number of pyridine rings is 1. The molecular formula is C12H14Cl2N2O2. The molecule has 98 valence electrons. The summed E-state index contributed by atoms with van der Waals surface area (Å²) in [6, 6.07) is 1.50. The van der Waals surface area contributed by atoms with Gasteiger partial charge in [-0.2, -0.15) is 0 Å². The van der Waals surface area contributed by atoms with Gasteiger partial charge in [-0.1, -0.05) is 23.2 Å². The lowest BCUT2D eigenvalue weighted by Crippen LogP contribution is -2.36. The zero-order chi connectivity index (χ0) is 13.1. The number of ether oxygens (including phenoxy) is 1. The molecule has 1 aromatic heterocycles. The number of nitrogens with zero attached hydrogens (tertiary/aromatic N) is 2. The molecule has 2 heterocycles. The minimum atomic E-state index is -0.123. The highest BCUT2D eigenvalue weighted by Gasteiger charge is 2.23. The van der Waals surface area contributed by atoms with Crippen LogP contribution in [0.15, 0.2) is 12.3 Å². The number of aromatic nitrogens is 1. The maximum atomic E-state index is 12.4. The SMILES string of the molecule is CC1CN(C(=O)c2cc(Cl)ncc2Cl)CCCO1. The van der Waals surface area contributed by atoms with E-state index in [4.69, 9.17) is 27.9 Å². The molecule has 2 rings (SSSR count). The zero-order valence-corrected chi connectivity index (χ0v) is 11.5. The molecule has 1 saturated heterocycles. The van der Waals surface area contributed by atoms with Crippen LogP contribution in [0.2, 0.25) is 10.2 Å². The predicted octanol–water partition coefficient (Wildman–Crippen LogP) is 2.64. The number of hydrogen-bond donors (Lipinski definition) is 0. The Morgan fingerprint density at radius 3 is 3.11 bits per heavy atom. The topological polar surface area (TPSA) is 42.4 Å². The Kier molecular flexibility index (Phi) is 4.43. The average molecular weight is 289 g/mol. The molecule has 0 spiro atoms. The Morgan fingerprint density at radius 2 is 2.33 bits per heavy atom. The van der Waals surface area contributed by atoms with Crippen molar-refractivity contribution >= 4 is 29.1 Å². The quantitative estimate of drug-likeness (QED) is 0.746. The van der Waals surface area contributed by atoms with Gasteiger partial charge in [0.05, 0.1) is 16.7 Å². The summed E-state index contributed by atoms with van der Waals surface area (Å²) in [4.78, 5) is 18.0. The van der Waals surface area contributed by atoms with Gasteiger partial charge in [0, 0.05) is 25.9 Å². The molecule has 1 atom stereocenters. The van der Waals surface area contributed by atoms with Crippen molar-refractivity contribution in [1.82, 2.24) is 9.88 Å². The van der Waals surface area contributed by atoms with Crippen molar-refractivity contribution in [3.05, 3.63) is 28.0 Å². The van der Waals surface area contributed by atoms with Gasteiger partial charge in [-0.25, -0.2) is 4.98 Å². The number of hydrogen-bond acceptors (Lipinski definition) is 3. The summed E-state index contributed by atoms with van der Waals surface area (Å²) in [6.45, 7) is 3.86. The molecule has 1 aliphatic heterocycles. The molecular weight excluding hydrogens is 275 g/mol. The number of amides is 1. The highest BCUT2D eigenvalue weighted by Crippen LogP contribution is 2.21. The third-order valence-corrected chi connectivity index (χ3v) is 3.30. The summed E-state index contributed by atoms with van der Waals surface area (Å²) < 4.78 is 5.51. The Balaban J connectivity index is 2.21. The summed E-state index contributed by atoms with van der Waals surface area (Å²) in [6.07, 6.45) is 2.26. The van der Waals surface area contributed by atoms with E-state index >= 15 is 0 Å². The van der Waals surface area contributed by atoms with Crippen LogP contribution in [0, 0.1) is 0 Å². The lowest BCUT2D eigenvalue weighted by Gasteiger charge is -2.22. The van der Waals surface area contributed by atoms with Crippen LogP contribution in [0.25, 0.3) is 0 Å². The largest absolute Gasteiger partial charge is 0.377 e. The lowest BCUT2D eigenvalue weighted by atomic mass is 10.2. The van der Waals surface area contributed by atoms with Gasteiger partial charge >= 0.3 is 0 Å². The number of rotatable bonds is 1. The smallest absolute Gasteiger partial charge is 0.255 e. The van der Waals surface area contributed by atoms with Crippen LogP contribution in [0.1, 0.15) is 23.7 Å². The summed E-state index contributed by atoms with van der Waals surface area (Å²) in [5.74, 6) is -0.123. The van der Waals surface area contributed by atoms with Gasteiger partial charge in [0.1, 0.15) is 5.15 Å². The van der Waals surface area contributed by atoms with Crippen LogP contribution in [0.3, 0.4) is 0 Å². The Bertz CT molecular complexity index is 454. The van der Waals surface area contributed by atoms with Crippen LogP contribution < -0.4 is 0 Å². The van der Waals surface area contributed by atoms with Gasteiger partial charge in [0.15, 0.2) is 0 Å². The van der Waals surface area contributed by atoms with Crippen LogP contribution in [0.4, 0.5) is 0 Å². The maximum Gasteiger partial charge on any atom is 0.255 e. The van der Waals surface area contributed by atoms with Crippen molar-refractivity contribution in [1.29, 1.82) is 0 Å². The second-order valence-corrected chi connectivity index (χ2v) is 5.07. The van der Waals surface area contributed by atoms with Crippen molar-refractivity contribution in [2.45, 2.75) is 19.4 Å². The van der Waals surface area contributed by atoms with Gasteiger partial charge in [-0.3, -0.25) is 4.79 Å². The molecule has 1 unspecified atom stereocenters. The Hall–Kier alpha value is -0.840. The minimum absolute atomic E-state index is 0.0348. The molecule has 1 amide bonds. The van der Waals surface area contributed by atoms with E-state index < -0.39 is 0 Å². The highest BCUT2D eigenvalue weighted by molar-refractivity contribution is 6.35. The number of carbonyl (C=O) groups excluding carboxylic acids is 1. The summed E-state index contributed by atoms with van der Waals surface area (Å²) in [7, 11) is 0. The molecule has 0 aromatic carbocycles. The molecule has 0 N–H and O–H groups in total. The van der Waals surface area contributed by atoms with Gasteiger partial charge in [0.2, 0.25) is 0 Å². The second-order valence-electron chi connectivity index (χ2n) is 4.27. The van der Waals surface area contributed by atoms with Crippen molar-refractivity contribution in [3.8, 4) is 0 Å². The molecule has 0 radical (unpaired) electrons. The van der Waals surface area contributed by atoms with E-state index in [-0.39, 0.29) is 17.2 Å². The van der Waals surface area contributed by atoms with E-state index in [0.29, 0.717) is 30.3 Å². The van der Waals surface area contributed by atoms with Crippen LogP contribution in [0.5, 0.6) is 0 Å². The normalized spacial score (nSPS) is 20.6. The first-order chi connectivity index (χ1) is 8.58. The fraction of sp³-hybridized carbons (Fsp3) is 0.500. The standard InChI is InChI=1S/C12H14Cl2N2O2/c1-8-7-16(3-2-4-18-8)12(17)9-5-11(14)15-6-10(9)13/h5-6,8H,2-4,7H2,1H3. The molecule has 0 aliphatic carbocycles. The highest BCUT2D eigenvalue weighted by atomic mass is 35.5. The monoisotopic (exact) mass is 288 g/mol. The maximum absolute atomic E-state index is 12.4. The van der Waals surface area contributed by atoms with Crippen LogP contribution in [-0.2, 0) is 4.74 Å². The van der Waals surface area contributed by atoms with E-state index in [1.807, 2.05) is 6.92 Å². The zero-order valence-electron chi connectivity index (χ0n) is 10.0. The molecule has 1 aliphatic rings.